The van der Waals surface area contributed by atoms with E-state index < -0.39 is 6.09 Å². The highest BCUT2D eigenvalue weighted by atomic mass is 79.9. The second-order valence-corrected chi connectivity index (χ2v) is 5.45. The number of pyridine rings is 1. The van der Waals surface area contributed by atoms with Crippen LogP contribution in [0.2, 0.25) is 0 Å². The van der Waals surface area contributed by atoms with Crippen molar-refractivity contribution >= 4 is 22.0 Å². The zero-order chi connectivity index (χ0) is 12.3. The molecule has 0 saturated heterocycles. The average Bonchev–Trinajstić information content (AvgIpc) is 2.12. The van der Waals surface area contributed by atoms with Crippen molar-refractivity contribution in [3.63, 3.8) is 0 Å². The van der Waals surface area contributed by atoms with Crippen LogP contribution in [0.4, 0.5) is 4.79 Å². The highest BCUT2D eigenvalue weighted by molar-refractivity contribution is 9.10. The van der Waals surface area contributed by atoms with Crippen LogP contribution in [-0.2, 0) is 0 Å². The number of aromatic nitrogens is 1. The minimum atomic E-state index is -1.04. The van der Waals surface area contributed by atoms with Gasteiger partial charge in [0.1, 0.15) is 4.60 Å². The lowest BCUT2D eigenvalue weighted by atomic mass is 9.84. The number of halogens is 1. The van der Waals surface area contributed by atoms with Crippen molar-refractivity contribution in [2.75, 3.05) is 0 Å². The lowest BCUT2D eigenvalue weighted by Crippen LogP contribution is -2.36. The maximum absolute atomic E-state index is 10.8. The molecular weight excluding hydrogens is 272 g/mol. The third kappa shape index (κ3) is 3.48. The SMILES string of the molecule is CC(C)(C)C(NC(=O)O)c1cccc(Br)n1. The number of hydrogen-bond donors (Lipinski definition) is 2. The predicted octanol–water partition coefficient (Wildman–Crippen LogP) is 3.20. The van der Waals surface area contributed by atoms with Crippen molar-refractivity contribution in [1.29, 1.82) is 0 Å². The van der Waals surface area contributed by atoms with Crippen LogP contribution in [0.15, 0.2) is 22.8 Å². The Labute approximate surface area is 103 Å². The molecule has 0 spiro atoms. The highest BCUT2D eigenvalue weighted by Crippen LogP contribution is 2.32. The molecule has 5 heteroatoms. The van der Waals surface area contributed by atoms with E-state index in [0.717, 1.165) is 0 Å². The predicted molar refractivity (Wildman–Crippen MR) is 65.3 cm³/mol. The molecule has 88 valence electrons. The van der Waals surface area contributed by atoms with Crippen LogP contribution in [0.25, 0.3) is 0 Å². The summed E-state index contributed by atoms with van der Waals surface area (Å²) in [4.78, 5) is 15.0. The van der Waals surface area contributed by atoms with Crippen LogP contribution in [-0.4, -0.2) is 16.2 Å². The Bertz CT molecular complexity index is 388. The van der Waals surface area contributed by atoms with Gasteiger partial charge in [-0.15, -0.1) is 0 Å². The molecule has 0 radical (unpaired) electrons. The molecule has 1 aromatic heterocycles. The molecule has 1 amide bonds. The van der Waals surface area contributed by atoms with Crippen molar-refractivity contribution < 1.29 is 9.90 Å². The molecule has 1 unspecified atom stereocenters. The maximum atomic E-state index is 10.8. The maximum Gasteiger partial charge on any atom is 0.405 e. The Morgan fingerprint density at radius 1 is 1.50 bits per heavy atom. The summed E-state index contributed by atoms with van der Waals surface area (Å²) >= 11 is 3.28. The first kappa shape index (κ1) is 13.0. The highest BCUT2D eigenvalue weighted by Gasteiger charge is 2.28. The van der Waals surface area contributed by atoms with Gasteiger partial charge < -0.3 is 10.4 Å². The van der Waals surface area contributed by atoms with E-state index >= 15 is 0 Å². The van der Waals surface area contributed by atoms with Gasteiger partial charge in [0.25, 0.3) is 0 Å². The van der Waals surface area contributed by atoms with Crippen LogP contribution in [0.5, 0.6) is 0 Å². The van der Waals surface area contributed by atoms with Crippen LogP contribution >= 0.6 is 15.9 Å². The van der Waals surface area contributed by atoms with Gasteiger partial charge >= 0.3 is 6.09 Å². The summed E-state index contributed by atoms with van der Waals surface area (Å²) in [6, 6.07) is 5.14. The van der Waals surface area contributed by atoms with Crippen molar-refractivity contribution in [3.8, 4) is 0 Å². The fourth-order valence-corrected chi connectivity index (χ4v) is 1.80. The molecule has 1 rings (SSSR count). The Morgan fingerprint density at radius 2 is 2.12 bits per heavy atom. The smallest absolute Gasteiger partial charge is 0.405 e. The number of nitrogens with zero attached hydrogens (tertiary/aromatic N) is 1. The Kier molecular flexibility index (Phi) is 3.91. The van der Waals surface area contributed by atoms with Gasteiger partial charge in [-0.1, -0.05) is 26.8 Å². The van der Waals surface area contributed by atoms with Gasteiger partial charge in [-0.05, 0) is 33.5 Å². The first-order chi connectivity index (χ1) is 7.30. The van der Waals surface area contributed by atoms with Gasteiger partial charge in [-0.25, -0.2) is 9.78 Å². The zero-order valence-corrected chi connectivity index (χ0v) is 11.1. The molecule has 1 aromatic rings. The number of carbonyl (C=O) groups is 1. The quantitative estimate of drug-likeness (QED) is 0.821. The number of nitrogens with one attached hydrogen (secondary N) is 1. The Morgan fingerprint density at radius 3 is 2.56 bits per heavy atom. The Balaban J connectivity index is 3.06. The third-order valence-corrected chi connectivity index (χ3v) is 2.61. The van der Waals surface area contributed by atoms with E-state index in [1.807, 2.05) is 39.0 Å². The van der Waals surface area contributed by atoms with Gasteiger partial charge in [-0.2, -0.15) is 0 Å². The molecule has 0 saturated carbocycles. The number of amides is 1. The fourth-order valence-electron chi connectivity index (χ4n) is 1.44. The normalized spacial score (nSPS) is 13.2. The molecule has 0 aliphatic carbocycles. The van der Waals surface area contributed by atoms with E-state index in [0.29, 0.717) is 10.3 Å². The lowest BCUT2D eigenvalue weighted by Gasteiger charge is -2.30. The first-order valence-corrected chi connectivity index (χ1v) is 5.72. The molecule has 0 aliphatic rings. The summed E-state index contributed by atoms with van der Waals surface area (Å²) in [6.07, 6.45) is -1.04. The molecule has 0 fully saturated rings. The summed E-state index contributed by atoms with van der Waals surface area (Å²) in [5, 5.41) is 11.3. The molecule has 1 atom stereocenters. The van der Waals surface area contributed by atoms with Gasteiger partial charge in [0, 0.05) is 0 Å². The van der Waals surface area contributed by atoms with Crippen molar-refractivity contribution in [1.82, 2.24) is 10.3 Å². The molecule has 0 aromatic carbocycles. The van der Waals surface area contributed by atoms with Gasteiger partial charge in [0.2, 0.25) is 0 Å². The van der Waals surface area contributed by atoms with Gasteiger partial charge in [0.15, 0.2) is 0 Å². The van der Waals surface area contributed by atoms with E-state index in [1.54, 1.807) is 0 Å². The Hall–Kier alpha value is -1.10. The molecule has 0 bridgehead atoms. The second kappa shape index (κ2) is 4.82. The molecule has 0 aliphatic heterocycles. The second-order valence-electron chi connectivity index (χ2n) is 4.63. The first-order valence-electron chi connectivity index (χ1n) is 4.92. The number of hydrogen-bond acceptors (Lipinski definition) is 2. The van der Waals surface area contributed by atoms with Crippen molar-refractivity contribution in [2.24, 2.45) is 5.41 Å². The van der Waals surface area contributed by atoms with Crippen LogP contribution < -0.4 is 5.32 Å². The van der Waals surface area contributed by atoms with E-state index in [-0.39, 0.29) is 11.5 Å². The van der Waals surface area contributed by atoms with Crippen molar-refractivity contribution in [2.45, 2.75) is 26.8 Å². The average molecular weight is 287 g/mol. The molecular formula is C11H15BrN2O2. The van der Waals surface area contributed by atoms with Crippen LogP contribution in [0.1, 0.15) is 32.5 Å². The van der Waals surface area contributed by atoms with Gasteiger partial charge in [0.05, 0.1) is 11.7 Å². The van der Waals surface area contributed by atoms with Crippen molar-refractivity contribution in [3.05, 3.63) is 28.5 Å². The van der Waals surface area contributed by atoms with Crippen LogP contribution in [0.3, 0.4) is 0 Å². The standard InChI is InChI=1S/C11H15BrN2O2/c1-11(2,3)9(14-10(15)16)7-5-4-6-8(12)13-7/h4-6,9,14H,1-3H3,(H,15,16). The summed E-state index contributed by atoms with van der Waals surface area (Å²) in [7, 11) is 0. The summed E-state index contributed by atoms with van der Waals surface area (Å²) in [6.45, 7) is 5.91. The molecule has 4 nitrogen and oxygen atoms in total. The van der Waals surface area contributed by atoms with Gasteiger partial charge in [-0.3, -0.25) is 0 Å². The number of carboxylic acid groups (broad SMARTS) is 1. The van der Waals surface area contributed by atoms with E-state index in [1.165, 1.54) is 0 Å². The topological polar surface area (TPSA) is 62.2 Å². The minimum Gasteiger partial charge on any atom is -0.465 e. The summed E-state index contributed by atoms with van der Waals surface area (Å²) in [5.74, 6) is 0. The summed E-state index contributed by atoms with van der Waals surface area (Å²) < 4.78 is 0.700. The number of rotatable bonds is 2. The van der Waals surface area contributed by atoms with E-state index in [9.17, 15) is 4.79 Å². The third-order valence-electron chi connectivity index (χ3n) is 2.17. The molecule has 2 N–H and O–H groups in total. The molecule has 16 heavy (non-hydrogen) atoms. The van der Waals surface area contributed by atoms with E-state index in [4.69, 9.17) is 5.11 Å². The monoisotopic (exact) mass is 286 g/mol. The lowest BCUT2D eigenvalue weighted by molar-refractivity contribution is 0.174. The molecule has 1 heterocycles. The summed E-state index contributed by atoms with van der Waals surface area (Å²) in [5.41, 5.74) is 0.482. The van der Waals surface area contributed by atoms with E-state index in [2.05, 4.69) is 26.2 Å². The fraction of sp³-hybridized carbons (Fsp3) is 0.455. The van der Waals surface area contributed by atoms with Crippen LogP contribution in [0, 0.1) is 5.41 Å². The largest absolute Gasteiger partial charge is 0.465 e. The zero-order valence-electron chi connectivity index (χ0n) is 9.49. The minimum absolute atomic E-state index is 0.230.